The largest absolute Gasteiger partial charge is 0.452 e. The first-order chi connectivity index (χ1) is 12.9. The zero-order chi connectivity index (χ0) is 19.4. The highest BCUT2D eigenvalue weighted by atomic mass is 35.5. The standard InChI is InChI=1S/C21H21Cl2NO3/c1-13(27-20(25)12-14-9-10-17(22)18(23)11-14)21(26)24-19-8-4-6-15-5-2-3-7-16(15)19/h2-3,5,7,9-11,13,19H,4,6,8,12H2,1H3,(H,24,26)/t13-,19-/m0/s1. The Hall–Kier alpha value is -2.04. The minimum atomic E-state index is -0.866. The molecule has 0 spiro atoms. The van der Waals surface area contributed by atoms with Gasteiger partial charge in [-0.05, 0) is 55.0 Å². The molecule has 0 aliphatic heterocycles. The van der Waals surface area contributed by atoms with Crippen LogP contribution in [0.3, 0.4) is 0 Å². The molecule has 0 heterocycles. The zero-order valence-electron chi connectivity index (χ0n) is 15.0. The number of fused-ring (bicyclic) bond motifs is 1. The number of esters is 1. The summed E-state index contributed by atoms with van der Waals surface area (Å²) in [7, 11) is 0. The van der Waals surface area contributed by atoms with Crippen molar-refractivity contribution in [3.05, 3.63) is 69.2 Å². The van der Waals surface area contributed by atoms with E-state index in [1.54, 1.807) is 25.1 Å². The van der Waals surface area contributed by atoms with Gasteiger partial charge in [0, 0.05) is 0 Å². The highest BCUT2D eigenvalue weighted by Gasteiger charge is 2.25. The number of hydrogen-bond donors (Lipinski definition) is 1. The fraction of sp³-hybridized carbons (Fsp3) is 0.333. The molecule has 4 nitrogen and oxygen atoms in total. The van der Waals surface area contributed by atoms with Crippen LogP contribution in [-0.4, -0.2) is 18.0 Å². The van der Waals surface area contributed by atoms with Gasteiger partial charge < -0.3 is 10.1 Å². The van der Waals surface area contributed by atoms with Crippen LogP contribution in [0.25, 0.3) is 0 Å². The summed E-state index contributed by atoms with van der Waals surface area (Å²) in [6.45, 7) is 1.58. The molecule has 0 aromatic heterocycles. The number of aryl methyl sites for hydroxylation is 1. The highest BCUT2D eigenvalue weighted by molar-refractivity contribution is 6.42. The topological polar surface area (TPSA) is 55.4 Å². The van der Waals surface area contributed by atoms with E-state index in [2.05, 4.69) is 11.4 Å². The maximum Gasteiger partial charge on any atom is 0.311 e. The molecule has 2 aromatic rings. The summed E-state index contributed by atoms with van der Waals surface area (Å²) in [6, 6.07) is 13.0. The van der Waals surface area contributed by atoms with Crippen molar-refractivity contribution in [3.8, 4) is 0 Å². The molecule has 1 aliphatic carbocycles. The maximum atomic E-state index is 12.5. The SMILES string of the molecule is C[C@H](OC(=O)Cc1ccc(Cl)c(Cl)c1)C(=O)N[C@H]1CCCc2ccccc21. The molecule has 1 amide bonds. The molecule has 142 valence electrons. The van der Waals surface area contributed by atoms with E-state index in [9.17, 15) is 9.59 Å². The Labute approximate surface area is 168 Å². The van der Waals surface area contributed by atoms with Crippen molar-refractivity contribution in [1.82, 2.24) is 5.32 Å². The third kappa shape index (κ3) is 5.02. The summed E-state index contributed by atoms with van der Waals surface area (Å²) >= 11 is 11.8. The number of ether oxygens (including phenoxy) is 1. The fourth-order valence-corrected chi connectivity index (χ4v) is 3.62. The normalized spacial score (nSPS) is 16.9. The maximum absolute atomic E-state index is 12.5. The molecule has 1 aliphatic rings. The van der Waals surface area contributed by atoms with Crippen LogP contribution in [0.15, 0.2) is 42.5 Å². The van der Waals surface area contributed by atoms with Crippen LogP contribution in [0, 0.1) is 0 Å². The molecule has 2 aromatic carbocycles. The van der Waals surface area contributed by atoms with Gasteiger partial charge in [-0.2, -0.15) is 0 Å². The molecular weight excluding hydrogens is 385 g/mol. The van der Waals surface area contributed by atoms with Gasteiger partial charge in [-0.1, -0.05) is 53.5 Å². The summed E-state index contributed by atoms with van der Waals surface area (Å²) in [6.07, 6.45) is 2.09. The lowest BCUT2D eigenvalue weighted by molar-refractivity contribution is -0.154. The monoisotopic (exact) mass is 405 g/mol. The van der Waals surface area contributed by atoms with E-state index in [1.165, 1.54) is 5.56 Å². The van der Waals surface area contributed by atoms with E-state index >= 15 is 0 Å². The number of halogens is 2. The summed E-state index contributed by atoms with van der Waals surface area (Å²) in [5.41, 5.74) is 3.09. The van der Waals surface area contributed by atoms with Crippen molar-refractivity contribution >= 4 is 35.1 Å². The molecule has 6 heteroatoms. The van der Waals surface area contributed by atoms with Crippen molar-refractivity contribution in [2.24, 2.45) is 0 Å². The molecule has 0 radical (unpaired) electrons. The molecule has 3 rings (SSSR count). The first-order valence-corrected chi connectivity index (χ1v) is 9.71. The van der Waals surface area contributed by atoms with Crippen LogP contribution < -0.4 is 5.32 Å². The molecular formula is C21H21Cl2NO3. The van der Waals surface area contributed by atoms with Crippen LogP contribution in [0.5, 0.6) is 0 Å². The van der Waals surface area contributed by atoms with E-state index in [0.29, 0.717) is 15.6 Å². The number of carbonyl (C=O) groups is 2. The van der Waals surface area contributed by atoms with Crippen molar-refractivity contribution < 1.29 is 14.3 Å². The molecule has 0 unspecified atom stereocenters. The van der Waals surface area contributed by atoms with Gasteiger partial charge in [-0.25, -0.2) is 0 Å². The van der Waals surface area contributed by atoms with Gasteiger partial charge in [0.15, 0.2) is 6.10 Å². The summed E-state index contributed by atoms with van der Waals surface area (Å²) in [5, 5.41) is 3.81. The molecule has 0 saturated carbocycles. The Morgan fingerprint density at radius 3 is 2.74 bits per heavy atom. The van der Waals surface area contributed by atoms with Gasteiger partial charge in [0.25, 0.3) is 5.91 Å². The predicted molar refractivity (Wildman–Crippen MR) is 106 cm³/mol. The molecule has 2 atom stereocenters. The van der Waals surface area contributed by atoms with Crippen LogP contribution in [0.1, 0.15) is 42.5 Å². The number of carbonyl (C=O) groups excluding carboxylic acids is 2. The second kappa shape index (κ2) is 8.77. The molecule has 1 N–H and O–H groups in total. The van der Waals surface area contributed by atoms with Crippen molar-refractivity contribution in [2.45, 2.75) is 44.8 Å². The molecule has 0 bridgehead atoms. The predicted octanol–water partition coefficient (Wildman–Crippen LogP) is 4.66. The van der Waals surface area contributed by atoms with E-state index in [-0.39, 0.29) is 18.4 Å². The Bertz CT molecular complexity index is 853. The van der Waals surface area contributed by atoms with Gasteiger partial charge in [0.1, 0.15) is 0 Å². The van der Waals surface area contributed by atoms with E-state index in [4.69, 9.17) is 27.9 Å². The third-order valence-electron chi connectivity index (χ3n) is 4.70. The van der Waals surface area contributed by atoms with Crippen molar-refractivity contribution in [1.29, 1.82) is 0 Å². The van der Waals surface area contributed by atoms with Crippen molar-refractivity contribution in [2.75, 3.05) is 0 Å². The second-order valence-electron chi connectivity index (χ2n) is 6.71. The van der Waals surface area contributed by atoms with Crippen LogP contribution in [0.4, 0.5) is 0 Å². The average molecular weight is 406 g/mol. The zero-order valence-corrected chi connectivity index (χ0v) is 16.5. The highest BCUT2D eigenvalue weighted by Crippen LogP contribution is 2.29. The number of amides is 1. The summed E-state index contributed by atoms with van der Waals surface area (Å²) in [4.78, 5) is 24.6. The van der Waals surface area contributed by atoms with E-state index in [1.807, 2.05) is 18.2 Å². The third-order valence-corrected chi connectivity index (χ3v) is 5.43. The smallest absolute Gasteiger partial charge is 0.311 e. The minimum absolute atomic E-state index is 0.0285. The first-order valence-electron chi connectivity index (χ1n) is 8.95. The Balaban J connectivity index is 1.56. The molecule has 27 heavy (non-hydrogen) atoms. The lowest BCUT2D eigenvalue weighted by Crippen LogP contribution is -2.39. The Kier molecular flexibility index (Phi) is 6.40. The fourth-order valence-electron chi connectivity index (χ4n) is 3.30. The molecule has 0 fully saturated rings. The van der Waals surface area contributed by atoms with Crippen LogP contribution in [0.2, 0.25) is 10.0 Å². The summed E-state index contributed by atoms with van der Waals surface area (Å²) < 4.78 is 5.29. The van der Waals surface area contributed by atoms with E-state index in [0.717, 1.165) is 24.8 Å². The van der Waals surface area contributed by atoms with Crippen LogP contribution >= 0.6 is 23.2 Å². The molecule has 0 saturated heterocycles. The quantitative estimate of drug-likeness (QED) is 0.735. The Morgan fingerprint density at radius 1 is 1.19 bits per heavy atom. The average Bonchev–Trinajstić information content (AvgIpc) is 2.65. The van der Waals surface area contributed by atoms with Gasteiger partial charge in [-0.15, -0.1) is 0 Å². The summed E-state index contributed by atoms with van der Waals surface area (Å²) in [5.74, 6) is -0.778. The number of nitrogens with one attached hydrogen (secondary N) is 1. The first kappa shape index (κ1) is 19.7. The lowest BCUT2D eigenvalue weighted by Gasteiger charge is -2.27. The van der Waals surface area contributed by atoms with Crippen molar-refractivity contribution in [3.63, 3.8) is 0 Å². The number of hydrogen-bond acceptors (Lipinski definition) is 3. The lowest BCUT2D eigenvalue weighted by atomic mass is 9.87. The number of benzene rings is 2. The number of rotatable bonds is 5. The minimum Gasteiger partial charge on any atom is -0.452 e. The van der Waals surface area contributed by atoms with E-state index < -0.39 is 12.1 Å². The van der Waals surface area contributed by atoms with Gasteiger partial charge >= 0.3 is 5.97 Å². The van der Waals surface area contributed by atoms with Gasteiger partial charge in [0.05, 0.1) is 22.5 Å². The Morgan fingerprint density at radius 2 is 1.96 bits per heavy atom. The van der Waals surface area contributed by atoms with Gasteiger partial charge in [-0.3, -0.25) is 9.59 Å². The second-order valence-corrected chi connectivity index (χ2v) is 7.52. The van der Waals surface area contributed by atoms with Crippen LogP contribution in [-0.2, 0) is 27.2 Å². The van der Waals surface area contributed by atoms with Gasteiger partial charge in [0.2, 0.25) is 0 Å².